The van der Waals surface area contributed by atoms with Crippen LogP contribution in [-0.4, -0.2) is 61.3 Å². The molecule has 2 fully saturated rings. The highest BCUT2D eigenvalue weighted by Gasteiger charge is 2.28. The third-order valence-corrected chi connectivity index (χ3v) is 4.31. The summed E-state index contributed by atoms with van der Waals surface area (Å²) in [6.07, 6.45) is 5.67. The first-order valence-corrected chi connectivity index (χ1v) is 7.22. The molecule has 0 aromatic rings. The molecular weight excluding hydrogens is 212 g/mol. The molecule has 0 aromatic carbocycles. The Morgan fingerprint density at radius 1 is 1.29 bits per heavy atom. The second-order valence-corrected chi connectivity index (χ2v) is 5.96. The molecule has 3 nitrogen and oxygen atoms in total. The number of ether oxygens (including phenoxy) is 1. The lowest BCUT2D eigenvalue weighted by Gasteiger charge is -2.31. The summed E-state index contributed by atoms with van der Waals surface area (Å²) >= 11 is 0. The van der Waals surface area contributed by atoms with Gasteiger partial charge < -0.3 is 4.74 Å². The molecular formula is C14H28N2O. The van der Waals surface area contributed by atoms with Gasteiger partial charge in [-0.05, 0) is 46.6 Å². The van der Waals surface area contributed by atoms with E-state index in [2.05, 4.69) is 30.7 Å². The van der Waals surface area contributed by atoms with E-state index in [1.54, 1.807) is 0 Å². The molecule has 2 aliphatic heterocycles. The van der Waals surface area contributed by atoms with E-state index in [9.17, 15) is 0 Å². The summed E-state index contributed by atoms with van der Waals surface area (Å²) in [5.74, 6) is 0. The molecule has 17 heavy (non-hydrogen) atoms. The molecule has 2 heterocycles. The molecule has 0 saturated carbocycles. The highest BCUT2D eigenvalue weighted by atomic mass is 16.5. The fourth-order valence-corrected chi connectivity index (χ4v) is 3.02. The maximum absolute atomic E-state index is 5.83. The minimum Gasteiger partial charge on any atom is -0.377 e. The largest absolute Gasteiger partial charge is 0.377 e. The molecule has 0 amide bonds. The number of hydrogen-bond donors (Lipinski definition) is 0. The zero-order valence-electron chi connectivity index (χ0n) is 11.7. The normalized spacial score (nSPS) is 31.6. The molecule has 3 heteroatoms. The third-order valence-electron chi connectivity index (χ3n) is 4.31. The Bertz CT molecular complexity index is 226. The van der Waals surface area contributed by atoms with Crippen molar-refractivity contribution in [1.82, 2.24) is 9.80 Å². The van der Waals surface area contributed by atoms with Gasteiger partial charge in [0.25, 0.3) is 0 Å². The molecule has 2 saturated heterocycles. The molecule has 2 aliphatic rings. The molecule has 2 rings (SSSR count). The van der Waals surface area contributed by atoms with Gasteiger partial charge in [0.1, 0.15) is 0 Å². The minimum atomic E-state index is 0.488. The lowest BCUT2D eigenvalue weighted by atomic mass is 10.1. The van der Waals surface area contributed by atoms with Crippen LogP contribution >= 0.6 is 0 Å². The summed E-state index contributed by atoms with van der Waals surface area (Å²) < 4.78 is 5.83. The quantitative estimate of drug-likeness (QED) is 0.747. The molecule has 0 spiro atoms. The summed E-state index contributed by atoms with van der Waals surface area (Å²) in [4.78, 5) is 5.11. The fourth-order valence-electron chi connectivity index (χ4n) is 3.02. The van der Waals surface area contributed by atoms with Crippen molar-refractivity contribution in [3.05, 3.63) is 0 Å². The first-order valence-electron chi connectivity index (χ1n) is 7.22. The van der Waals surface area contributed by atoms with Crippen molar-refractivity contribution < 1.29 is 4.74 Å². The molecule has 100 valence electrons. The van der Waals surface area contributed by atoms with Crippen molar-refractivity contribution in [3.8, 4) is 0 Å². The van der Waals surface area contributed by atoms with Crippen molar-refractivity contribution in [2.45, 2.75) is 57.7 Å². The average Bonchev–Trinajstić information content (AvgIpc) is 2.79. The van der Waals surface area contributed by atoms with Crippen molar-refractivity contribution in [3.63, 3.8) is 0 Å². The van der Waals surface area contributed by atoms with Gasteiger partial charge in [0, 0.05) is 38.3 Å². The van der Waals surface area contributed by atoms with Crippen LogP contribution in [0, 0.1) is 0 Å². The van der Waals surface area contributed by atoms with Gasteiger partial charge in [-0.1, -0.05) is 0 Å². The van der Waals surface area contributed by atoms with Crippen molar-refractivity contribution in [2.75, 3.05) is 33.3 Å². The van der Waals surface area contributed by atoms with E-state index in [1.807, 2.05) is 0 Å². The van der Waals surface area contributed by atoms with Crippen molar-refractivity contribution in [1.29, 1.82) is 0 Å². The first-order chi connectivity index (χ1) is 8.16. The zero-order valence-corrected chi connectivity index (χ0v) is 11.7. The molecule has 0 N–H and O–H groups in total. The molecule has 2 unspecified atom stereocenters. The van der Waals surface area contributed by atoms with E-state index >= 15 is 0 Å². The number of likely N-dealkylation sites (N-methyl/N-ethyl adjacent to an activating group) is 1. The second-order valence-electron chi connectivity index (χ2n) is 5.96. The van der Waals surface area contributed by atoms with E-state index in [0.717, 1.165) is 19.2 Å². The van der Waals surface area contributed by atoms with Gasteiger partial charge in [0.05, 0.1) is 6.10 Å². The predicted molar refractivity (Wildman–Crippen MR) is 71.3 cm³/mol. The zero-order chi connectivity index (χ0) is 12.3. The average molecular weight is 240 g/mol. The standard InChI is InChI=1S/C14H28N2O/c1-12(2)16-8-7-13(10-16)15(3)11-14-6-4-5-9-17-14/h12-14H,4-11H2,1-3H3. The highest BCUT2D eigenvalue weighted by molar-refractivity contribution is 4.84. The Morgan fingerprint density at radius 2 is 2.12 bits per heavy atom. The smallest absolute Gasteiger partial charge is 0.0702 e. The van der Waals surface area contributed by atoms with Crippen LogP contribution in [0.15, 0.2) is 0 Å². The second kappa shape index (κ2) is 6.17. The number of hydrogen-bond acceptors (Lipinski definition) is 3. The lowest BCUT2D eigenvalue weighted by Crippen LogP contribution is -2.41. The SMILES string of the molecule is CC(C)N1CCC(N(C)CC2CCCCO2)C1. The van der Waals surface area contributed by atoms with Crippen LogP contribution in [-0.2, 0) is 4.74 Å². The summed E-state index contributed by atoms with van der Waals surface area (Å²) in [7, 11) is 2.27. The number of likely N-dealkylation sites (tertiary alicyclic amines) is 1. The van der Waals surface area contributed by atoms with Crippen LogP contribution in [0.25, 0.3) is 0 Å². The van der Waals surface area contributed by atoms with Gasteiger partial charge in [0.2, 0.25) is 0 Å². The lowest BCUT2D eigenvalue weighted by molar-refractivity contribution is -0.00763. The highest BCUT2D eigenvalue weighted by Crippen LogP contribution is 2.19. The Labute approximate surface area is 106 Å². The molecule has 0 radical (unpaired) electrons. The van der Waals surface area contributed by atoms with Crippen LogP contribution in [0.3, 0.4) is 0 Å². The molecule has 2 atom stereocenters. The monoisotopic (exact) mass is 240 g/mol. The predicted octanol–water partition coefficient (Wildman–Crippen LogP) is 1.97. The van der Waals surface area contributed by atoms with Gasteiger partial charge in [0.15, 0.2) is 0 Å². The topological polar surface area (TPSA) is 15.7 Å². The van der Waals surface area contributed by atoms with Crippen LogP contribution < -0.4 is 0 Å². The minimum absolute atomic E-state index is 0.488. The van der Waals surface area contributed by atoms with Crippen LogP contribution in [0.5, 0.6) is 0 Å². The van der Waals surface area contributed by atoms with Crippen LogP contribution in [0.2, 0.25) is 0 Å². The molecule has 0 aromatic heterocycles. The van der Waals surface area contributed by atoms with E-state index < -0.39 is 0 Å². The maximum atomic E-state index is 5.83. The molecule has 0 aliphatic carbocycles. The van der Waals surface area contributed by atoms with E-state index in [4.69, 9.17) is 4.74 Å². The Morgan fingerprint density at radius 3 is 2.71 bits per heavy atom. The number of rotatable bonds is 4. The van der Waals surface area contributed by atoms with Crippen LogP contribution in [0.1, 0.15) is 39.5 Å². The fraction of sp³-hybridized carbons (Fsp3) is 1.00. The summed E-state index contributed by atoms with van der Waals surface area (Å²) in [5.41, 5.74) is 0. The Balaban J connectivity index is 1.74. The van der Waals surface area contributed by atoms with Gasteiger partial charge in [-0.25, -0.2) is 0 Å². The number of nitrogens with zero attached hydrogens (tertiary/aromatic N) is 2. The van der Waals surface area contributed by atoms with Crippen molar-refractivity contribution >= 4 is 0 Å². The van der Waals surface area contributed by atoms with Gasteiger partial charge in [-0.3, -0.25) is 9.80 Å². The summed E-state index contributed by atoms with van der Waals surface area (Å²) in [5, 5.41) is 0. The summed E-state index contributed by atoms with van der Waals surface area (Å²) in [6, 6.07) is 1.43. The van der Waals surface area contributed by atoms with E-state index in [0.29, 0.717) is 12.1 Å². The van der Waals surface area contributed by atoms with Gasteiger partial charge in [-0.2, -0.15) is 0 Å². The first kappa shape index (κ1) is 13.3. The third kappa shape index (κ3) is 3.67. The van der Waals surface area contributed by atoms with Gasteiger partial charge >= 0.3 is 0 Å². The maximum Gasteiger partial charge on any atom is 0.0702 e. The van der Waals surface area contributed by atoms with Crippen LogP contribution in [0.4, 0.5) is 0 Å². The van der Waals surface area contributed by atoms with Gasteiger partial charge in [-0.15, -0.1) is 0 Å². The van der Waals surface area contributed by atoms with Crippen molar-refractivity contribution in [2.24, 2.45) is 0 Å². The van der Waals surface area contributed by atoms with E-state index in [1.165, 1.54) is 38.8 Å². The Kier molecular flexibility index (Phi) is 4.83. The summed E-state index contributed by atoms with van der Waals surface area (Å²) in [6.45, 7) is 9.19. The Hall–Kier alpha value is -0.120. The van der Waals surface area contributed by atoms with E-state index in [-0.39, 0.29) is 0 Å². The molecule has 0 bridgehead atoms.